The fraction of sp³-hybridized carbons (Fsp3) is 1.00. The molecule has 3 heteroatoms. The Balaban J connectivity index is 2.48. The molecule has 1 rings (SSSR count). The lowest BCUT2D eigenvalue weighted by atomic mass is 9.69. The maximum absolute atomic E-state index is 12.9. The predicted octanol–water partition coefficient (Wildman–Crippen LogP) is 3.19. The van der Waals surface area contributed by atoms with Crippen LogP contribution in [-0.4, -0.2) is 12.5 Å². The normalized spacial score (nSPS) is 23.8. The van der Waals surface area contributed by atoms with Gasteiger partial charge >= 0.3 is 0 Å². The van der Waals surface area contributed by atoms with E-state index in [1.807, 2.05) is 0 Å². The zero-order chi connectivity index (χ0) is 10.8. The topological polar surface area (TPSA) is 26.0 Å². The maximum atomic E-state index is 12.9. The van der Waals surface area contributed by atoms with Crippen LogP contribution in [0.5, 0.6) is 0 Å². The maximum Gasteiger partial charge on any atom is 0.248 e. The van der Waals surface area contributed by atoms with Crippen molar-refractivity contribution >= 4 is 0 Å². The molecule has 1 aliphatic carbocycles. The van der Waals surface area contributed by atoms with Crippen LogP contribution in [0.4, 0.5) is 8.78 Å². The third kappa shape index (κ3) is 2.91. The second-order valence-electron chi connectivity index (χ2n) is 5.16. The van der Waals surface area contributed by atoms with Crippen molar-refractivity contribution in [3.8, 4) is 0 Å². The van der Waals surface area contributed by atoms with Crippen molar-refractivity contribution in [2.75, 3.05) is 6.54 Å². The minimum atomic E-state index is -2.41. The average Bonchev–Trinajstić information content (AvgIpc) is 2.03. The van der Waals surface area contributed by atoms with Crippen molar-refractivity contribution in [2.45, 2.75) is 51.9 Å². The minimum Gasteiger partial charge on any atom is -0.330 e. The first kappa shape index (κ1) is 11.9. The quantitative estimate of drug-likeness (QED) is 0.752. The minimum absolute atomic E-state index is 0.0612. The Morgan fingerprint density at radius 3 is 2.21 bits per heavy atom. The highest BCUT2D eigenvalue weighted by molar-refractivity contribution is 4.86. The summed E-state index contributed by atoms with van der Waals surface area (Å²) in [4.78, 5) is 0. The van der Waals surface area contributed by atoms with Gasteiger partial charge in [0.1, 0.15) is 0 Å². The van der Waals surface area contributed by atoms with Gasteiger partial charge in [0.15, 0.2) is 0 Å². The van der Waals surface area contributed by atoms with Crippen molar-refractivity contribution in [1.29, 1.82) is 0 Å². The molecule has 1 fully saturated rings. The highest BCUT2D eigenvalue weighted by atomic mass is 19.3. The van der Waals surface area contributed by atoms with Gasteiger partial charge in [-0.05, 0) is 37.1 Å². The van der Waals surface area contributed by atoms with Crippen LogP contribution in [0.25, 0.3) is 0 Å². The molecule has 1 saturated carbocycles. The average molecular weight is 205 g/mol. The largest absolute Gasteiger partial charge is 0.330 e. The molecule has 0 aromatic rings. The highest BCUT2D eigenvalue weighted by Gasteiger charge is 2.39. The number of hydrogen-bond donors (Lipinski definition) is 1. The first-order valence-corrected chi connectivity index (χ1v) is 5.45. The van der Waals surface area contributed by atoms with Gasteiger partial charge in [-0.1, -0.05) is 13.8 Å². The van der Waals surface area contributed by atoms with E-state index in [0.29, 0.717) is 25.3 Å². The van der Waals surface area contributed by atoms with Crippen molar-refractivity contribution in [1.82, 2.24) is 0 Å². The van der Waals surface area contributed by atoms with Crippen molar-refractivity contribution in [3.05, 3.63) is 0 Å². The Bertz CT molecular complexity index is 180. The van der Waals surface area contributed by atoms with Crippen LogP contribution >= 0.6 is 0 Å². The lowest BCUT2D eigenvalue weighted by Crippen LogP contribution is -2.34. The van der Waals surface area contributed by atoms with Crippen LogP contribution < -0.4 is 5.73 Å². The molecule has 0 unspecified atom stereocenters. The fourth-order valence-electron chi connectivity index (χ4n) is 2.40. The summed E-state index contributed by atoms with van der Waals surface area (Å²) >= 11 is 0. The molecule has 0 aromatic carbocycles. The second kappa shape index (κ2) is 4.13. The molecule has 1 nitrogen and oxygen atoms in total. The lowest BCUT2D eigenvalue weighted by molar-refractivity contribution is -0.0608. The Kier molecular flexibility index (Phi) is 3.51. The standard InChI is InChI=1S/C11H21F2N/c1-10(2,7-8-14)9-3-5-11(12,13)6-4-9/h9H,3-8,14H2,1-2H3. The summed E-state index contributed by atoms with van der Waals surface area (Å²) in [5.41, 5.74) is 5.66. The van der Waals surface area contributed by atoms with Gasteiger partial charge in [0.05, 0.1) is 0 Å². The predicted molar refractivity (Wildman–Crippen MR) is 54.4 cm³/mol. The summed E-state index contributed by atoms with van der Waals surface area (Å²) < 4.78 is 25.9. The van der Waals surface area contributed by atoms with Gasteiger partial charge in [0.2, 0.25) is 5.92 Å². The highest BCUT2D eigenvalue weighted by Crippen LogP contribution is 2.44. The molecule has 0 amide bonds. The lowest BCUT2D eigenvalue weighted by Gasteiger charge is -2.39. The van der Waals surface area contributed by atoms with Gasteiger partial charge in [-0.3, -0.25) is 0 Å². The number of halogens is 2. The van der Waals surface area contributed by atoms with Crippen LogP contribution in [-0.2, 0) is 0 Å². The van der Waals surface area contributed by atoms with Crippen LogP contribution in [0.3, 0.4) is 0 Å². The van der Waals surface area contributed by atoms with Crippen molar-refractivity contribution in [3.63, 3.8) is 0 Å². The van der Waals surface area contributed by atoms with Gasteiger partial charge < -0.3 is 5.73 Å². The molecule has 0 radical (unpaired) electrons. The first-order valence-electron chi connectivity index (χ1n) is 5.45. The molecule has 0 spiro atoms. The van der Waals surface area contributed by atoms with Gasteiger partial charge in [-0.25, -0.2) is 8.78 Å². The van der Waals surface area contributed by atoms with Gasteiger partial charge in [0, 0.05) is 12.8 Å². The van der Waals surface area contributed by atoms with Crippen LogP contribution in [0, 0.1) is 11.3 Å². The summed E-state index contributed by atoms with van der Waals surface area (Å²) in [6.07, 6.45) is 2.36. The smallest absolute Gasteiger partial charge is 0.248 e. The Hall–Kier alpha value is -0.180. The van der Waals surface area contributed by atoms with E-state index >= 15 is 0 Å². The van der Waals surface area contributed by atoms with E-state index in [0.717, 1.165) is 6.42 Å². The Morgan fingerprint density at radius 1 is 1.29 bits per heavy atom. The Morgan fingerprint density at radius 2 is 1.79 bits per heavy atom. The molecular formula is C11H21F2N. The summed E-state index contributed by atoms with van der Waals surface area (Å²) in [5.74, 6) is -1.99. The summed E-state index contributed by atoms with van der Waals surface area (Å²) in [5, 5.41) is 0. The van der Waals surface area contributed by atoms with Gasteiger partial charge in [-0.2, -0.15) is 0 Å². The summed E-state index contributed by atoms with van der Waals surface area (Å²) in [7, 11) is 0. The molecule has 0 aliphatic heterocycles. The second-order valence-corrected chi connectivity index (χ2v) is 5.16. The van der Waals surface area contributed by atoms with E-state index in [2.05, 4.69) is 13.8 Å². The third-order valence-corrected chi connectivity index (χ3v) is 3.61. The third-order valence-electron chi connectivity index (χ3n) is 3.61. The first-order chi connectivity index (χ1) is 6.37. The van der Waals surface area contributed by atoms with Crippen molar-refractivity contribution < 1.29 is 8.78 Å². The van der Waals surface area contributed by atoms with E-state index in [9.17, 15) is 8.78 Å². The van der Waals surface area contributed by atoms with E-state index in [1.54, 1.807) is 0 Å². The molecule has 0 aromatic heterocycles. The fourth-order valence-corrected chi connectivity index (χ4v) is 2.40. The van der Waals surface area contributed by atoms with E-state index in [4.69, 9.17) is 5.73 Å². The monoisotopic (exact) mass is 205 g/mol. The number of rotatable bonds is 3. The van der Waals surface area contributed by atoms with E-state index in [-0.39, 0.29) is 18.3 Å². The zero-order valence-electron chi connectivity index (χ0n) is 9.15. The molecule has 0 heterocycles. The van der Waals surface area contributed by atoms with Gasteiger partial charge in [0.25, 0.3) is 0 Å². The number of hydrogen-bond acceptors (Lipinski definition) is 1. The van der Waals surface area contributed by atoms with Crippen LogP contribution in [0.1, 0.15) is 46.0 Å². The molecule has 1 aliphatic rings. The van der Waals surface area contributed by atoms with Crippen molar-refractivity contribution in [2.24, 2.45) is 17.1 Å². The zero-order valence-corrected chi connectivity index (χ0v) is 9.15. The number of nitrogens with two attached hydrogens (primary N) is 1. The summed E-state index contributed by atoms with van der Waals surface area (Å²) in [6.45, 7) is 4.95. The van der Waals surface area contributed by atoms with E-state index in [1.165, 1.54) is 0 Å². The van der Waals surface area contributed by atoms with Crippen LogP contribution in [0.2, 0.25) is 0 Å². The van der Waals surface area contributed by atoms with Crippen LogP contribution in [0.15, 0.2) is 0 Å². The summed E-state index contributed by atoms with van der Waals surface area (Å²) in [6, 6.07) is 0. The molecule has 2 N–H and O–H groups in total. The molecule has 84 valence electrons. The molecule has 14 heavy (non-hydrogen) atoms. The van der Waals surface area contributed by atoms with Gasteiger partial charge in [-0.15, -0.1) is 0 Å². The molecule has 0 saturated heterocycles. The van der Waals surface area contributed by atoms with E-state index < -0.39 is 5.92 Å². The Labute approximate surface area is 85.1 Å². The number of alkyl halides is 2. The molecule has 0 atom stereocenters. The molecule has 0 bridgehead atoms. The molecular weight excluding hydrogens is 184 g/mol. The SMILES string of the molecule is CC(C)(CCN)C1CCC(F)(F)CC1.